The molecule has 0 saturated carbocycles. The smallest absolute Gasteiger partial charge is 0.0645 e. The van der Waals surface area contributed by atoms with E-state index in [2.05, 4.69) is 146 Å². The van der Waals surface area contributed by atoms with Crippen LogP contribution in [0.1, 0.15) is 5.48 Å². The van der Waals surface area contributed by atoms with Gasteiger partial charge in [0, 0.05) is 17.1 Å². The van der Waals surface area contributed by atoms with Crippen LogP contribution in [0.3, 0.4) is 0 Å². The van der Waals surface area contributed by atoms with Crippen LogP contribution in [0.15, 0.2) is 249 Å². The highest BCUT2D eigenvalue weighted by Crippen LogP contribution is 2.42. The van der Waals surface area contributed by atoms with Gasteiger partial charge in [0.25, 0.3) is 0 Å². The van der Waals surface area contributed by atoms with E-state index in [1.54, 1.807) is 0 Å². The molecule has 0 aliphatic heterocycles. The van der Waals surface area contributed by atoms with Gasteiger partial charge in [-0.25, -0.2) is 0 Å². The van der Waals surface area contributed by atoms with Gasteiger partial charge in [-0.2, -0.15) is 0 Å². The van der Waals surface area contributed by atoms with Crippen molar-refractivity contribution in [2.75, 3.05) is 4.90 Å². The molecule has 11 aromatic rings. The molecule has 0 radical (unpaired) electrons. The third-order valence-corrected chi connectivity index (χ3v) is 11.7. The third kappa shape index (κ3) is 7.03. The van der Waals surface area contributed by atoms with E-state index in [9.17, 15) is 5.48 Å². The van der Waals surface area contributed by atoms with Crippen LogP contribution in [0.2, 0.25) is 0 Å². The predicted molar refractivity (Wildman–Crippen MR) is 261 cm³/mol. The highest BCUT2D eigenvalue weighted by molar-refractivity contribution is 6.04. The summed E-state index contributed by atoms with van der Waals surface area (Å²) in [5, 5.41) is 6.94. The Kier molecular flexibility index (Phi) is 8.18. The SMILES string of the molecule is [2H]c1c([2H])c(N(c2ccc(-c3ccc4ccccc4c3-c3ccccc3)cc2)c2cccc(-c3ccc4ccccc4c3)c2)c([2H])c([2H])c1-c1ccc(-c2ccc3ccccc3c2)cc1. The molecule has 0 aliphatic carbocycles. The molecule has 0 amide bonds. The van der Waals surface area contributed by atoms with E-state index in [-0.39, 0.29) is 35.4 Å². The molecule has 0 unspecified atom stereocenters. The number of hydrogen-bond donors (Lipinski definition) is 0. The van der Waals surface area contributed by atoms with Crippen molar-refractivity contribution in [2.45, 2.75) is 0 Å². The first-order valence-electron chi connectivity index (χ1n) is 22.7. The van der Waals surface area contributed by atoms with E-state index in [4.69, 9.17) is 0 Å². The van der Waals surface area contributed by atoms with Gasteiger partial charge in [0.2, 0.25) is 0 Å². The Morgan fingerprint density at radius 2 is 0.754 bits per heavy atom. The van der Waals surface area contributed by atoms with Crippen LogP contribution >= 0.6 is 0 Å². The number of rotatable bonds is 8. The minimum absolute atomic E-state index is 0.101. The molecule has 11 aromatic carbocycles. The number of nitrogens with zero attached hydrogens (tertiary/aromatic N) is 1. The summed E-state index contributed by atoms with van der Waals surface area (Å²) in [4.78, 5) is 1.88. The Hall–Kier alpha value is -8.00. The van der Waals surface area contributed by atoms with E-state index in [0.717, 1.165) is 66.1 Å². The predicted octanol–water partition coefficient (Wildman–Crippen LogP) is 17.0. The molecule has 0 heterocycles. The fraction of sp³-hybridized carbons (Fsp3) is 0. The van der Waals surface area contributed by atoms with E-state index in [1.165, 1.54) is 10.8 Å². The number of anilines is 3. The van der Waals surface area contributed by atoms with Gasteiger partial charge in [0.1, 0.15) is 0 Å². The van der Waals surface area contributed by atoms with Crippen molar-refractivity contribution in [3.63, 3.8) is 0 Å². The van der Waals surface area contributed by atoms with Crippen molar-refractivity contribution in [1.29, 1.82) is 0 Å². The molecule has 11 rings (SSSR count). The zero-order valence-corrected chi connectivity index (χ0v) is 33.3. The molecule has 0 spiro atoms. The van der Waals surface area contributed by atoms with Gasteiger partial charge in [0.05, 0.1) is 5.48 Å². The second-order valence-electron chi connectivity index (χ2n) is 15.4. The summed E-state index contributed by atoms with van der Waals surface area (Å²) in [6, 6.07) is 76.3. The molecule has 0 N–H and O–H groups in total. The Bertz CT molecular complexity index is 3550. The van der Waals surface area contributed by atoms with Gasteiger partial charge in [0.15, 0.2) is 0 Å². The van der Waals surface area contributed by atoms with Gasteiger partial charge in [-0.15, -0.1) is 0 Å². The number of hydrogen-bond acceptors (Lipinski definition) is 1. The summed E-state index contributed by atoms with van der Waals surface area (Å²) >= 11 is 0. The summed E-state index contributed by atoms with van der Waals surface area (Å²) in [6.45, 7) is 0. The quantitative estimate of drug-likeness (QED) is 0.148. The van der Waals surface area contributed by atoms with Gasteiger partial charge >= 0.3 is 0 Å². The summed E-state index contributed by atoms with van der Waals surface area (Å²) in [6.07, 6.45) is 0. The fourth-order valence-electron chi connectivity index (χ4n) is 8.58. The van der Waals surface area contributed by atoms with E-state index < -0.39 is 0 Å². The van der Waals surface area contributed by atoms with Crippen molar-refractivity contribution >= 4 is 49.4 Å². The Labute approximate surface area is 362 Å². The number of fused-ring (bicyclic) bond motifs is 3. The molecule has 0 bridgehead atoms. The average molecular weight is 780 g/mol. The lowest BCUT2D eigenvalue weighted by molar-refractivity contribution is 1.28. The second kappa shape index (κ2) is 15.6. The van der Waals surface area contributed by atoms with Crippen LogP contribution in [-0.4, -0.2) is 0 Å². The van der Waals surface area contributed by atoms with Crippen molar-refractivity contribution in [2.24, 2.45) is 0 Å². The molecule has 0 saturated heterocycles. The highest BCUT2D eigenvalue weighted by atomic mass is 15.1. The molecule has 1 nitrogen and oxygen atoms in total. The summed E-state index contributed by atoms with van der Waals surface area (Å²) in [5.74, 6) is 0. The fourth-order valence-corrected chi connectivity index (χ4v) is 8.58. The number of benzene rings is 11. The molecule has 0 atom stereocenters. The van der Waals surface area contributed by atoms with Crippen molar-refractivity contribution in [3.8, 4) is 55.6 Å². The highest BCUT2D eigenvalue weighted by Gasteiger charge is 2.17. The maximum absolute atomic E-state index is 9.66. The monoisotopic (exact) mass is 779 g/mol. The van der Waals surface area contributed by atoms with Gasteiger partial charge < -0.3 is 4.90 Å². The third-order valence-electron chi connectivity index (χ3n) is 11.7. The molecule has 0 aliphatic rings. The second-order valence-corrected chi connectivity index (χ2v) is 15.4. The maximum Gasteiger partial charge on any atom is 0.0645 e. The van der Waals surface area contributed by atoms with E-state index >= 15 is 0 Å². The minimum Gasteiger partial charge on any atom is -0.310 e. The first-order valence-corrected chi connectivity index (χ1v) is 20.7. The first kappa shape index (κ1) is 31.9. The first-order chi connectivity index (χ1) is 31.9. The van der Waals surface area contributed by atoms with Gasteiger partial charge in [-0.3, -0.25) is 0 Å². The zero-order chi connectivity index (χ0) is 44.0. The lowest BCUT2D eigenvalue weighted by Crippen LogP contribution is -2.10. The summed E-state index contributed by atoms with van der Waals surface area (Å²) in [5.41, 5.74) is 10.9. The molecule has 1 heteroatoms. The van der Waals surface area contributed by atoms with Gasteiger partial charge in [-0.1, -0.05) is 200 Å². The van der Waals surface area contributed by atoms with Crippen LogP contribution in [-0.2, 0) is 0 Å². The average Bonchev–Trinajstić information content (AvgIpc) is 3.37. The Balaban J connectivity index is 1.04. The normalized spacial score (nSPS) is 12.2. The van der Waals surface area contributed by atoms with E-state index in [0.29, 0.717) is 16.9 Å². The van der Waals surface area contributed by atoms with Crippen molar-refractivity contribution in [3.05, 3.63) is 249 Å². The molecular formula is C60H41N. The lowest BCUT2D eigenvalue weighted by atomic mass is 9.90. The van der Waals surface area contributed by atoms with Crippen LogP contribution in [0.25, 0.3) is 88.0 Å². The Morgan fingerprint density at radius 3 is 1.43 bits per heavy atom. The molecular weight excluding hydrogens is 735 g/mol. The standard InChI is InChI=1S/C60H41N/c1-2-14-49(15-3-1)60-58-20-9-8-13-47(58)33-38-59(60)48-31-36-56(37-32-48)61(57-19-10-18-52(41-57)54-28-26-43-12-5-7-17-51(43)40-54)55-34-29-45(30-35-55)44-21-23-46(24-22-44)53-27-25-42-11-4-6-16-50(42)39-53/h1-41H/i29D,30D,34D,35D. The minimum atomic E-state index is -0.124. The van der Waals surface area contributed by atoms with Crippen LogP contribution in [0, 0.1) is 0 Å². The van der Waals surface area contributed by atoms with Crippen molar-refractivity contribution in [1.82, 2.24) is 0 Å². The largest absolute Gasteiger partial charge is 0.310 e. The summed E-state index contributed by atoms with van der Waals surface area (Å²) < 4.78 is 38.3. The van der Waals surface area contributed by atoms with Crippen LogP contribution in [0.5, 0.6) is 0 Å². The van der Waals surface area contributed by atoms with Crippen LogP contribution < -0.4 is 4.90 Å². The summed E-state index contributed by atoms with van der Waals surface area (Å²) in [7, 11) is 0. The topological polar surface area (TPSA) is 3.24 Å². The lowest BCUT2D eigenvalue weighted by Gasteiger charge is -2.26. The molecule has 61 heavy (non-hydrogen) atoms. The molecule has 0 fully saturated rings. The van der Waals surface area contributed by atoms with Gasteiger partial charge in [-0.05, 0) is 136 Å². The van der Waals surface area contributed by atoms with Crippen molar-refractivity contribution < 1.29 is 5.48 Å². The zero-order valence-electron chi connectivity index (χ0n) is 37.3. The Morgan fingerprint density at radius 1 is 0.262 bits per heavy atom. The molecule has 286 valence electrons. The van der Waals surface area contributed by atoms with E-state index in [1.807, 2.05) is 83.8 Å². The van der Waals surface area contributed by atoms with Crippen LogP contribution in [0.4, 0.5) is 17.1 Å². The maximum atomic E-state index is 9.66. The molecule has 0 aromatic heterocycles.